The normalized spacial score (nSPS) is 16.7. The van der Waals surface area contributed by atoms with E-state index < -0.39 is 6.04 Å². The molecule has 0 aliphatic heterocycles. The van der Waals surface area contributed by atoms with Crippen LogP contribution in [-0.4, -0.2) is 54.2 Å². The lowest BCUT2D eigenvalue weighted by Gasteiger charge is -2.32. The summed E-state index contributed by atoms with van der Waals surface area (Å²) in [4.78, 5) is 35.3. The highest BCUT2D eigenvalue weighted by atomic mass is 16.5. The van der Waals surface area contributed by atoms with Crippen molar-refractivity contribution in [2.75, 3.05) is 32.2 Å². The number of aliphatic hydroxyl groups excluding tert-OH is 1. The van der Waals surface area contributed by atoms with Gasteiger partial charge in [-0.25, -0.2) is 4.79 Å². The number of ether oxygens (including phenoxy) is 1. The number of hydrogen-bond acceptors (Lipinski definition) is 5. The summed E-state index contributed by atoms with van der Waals surface area (Å²) in [6.45, 7) is 0.779. The smallest absolute Gasteiger partial charge is 0.324 e. The first kappa shape index (κ1) is 32.7. The van der Waals surface area contributed by atoms with E-state index in [1.807, 2.05) is 79.8 Å². The van der Waals surface area contributed by atoms with Gasteiger partial charge in [0.1, 0.15) is 5.75 Å². The van der Waals surface area contributed by atoms with Gasteiger partial charge in [-0.05, 0) is 71.8 Å². The number of nitrogens with one attached hydrogen (secondary N) is 1. The number of anilines is 1. The number of carbonyl (C=O) groups is 2. The first-order chi connectivity index (χ1) is 22.5. The summed E-state index contributed by atoms with van der Waals surface area (Å²) in [5.41, 5.74) is 4.73. The van der Waals surface area contributed by atoms with Crippen molar-refractivity contribution >= 4 is 17.6 Å². The molecule has 8 nitrogen and oxygen atoms in total. The minimum absolute atomic E-state index is 0.0123. The maximum absolute atomic E-state index is 13.8. The number of carbonyl (C=O) groups excluding carboxylic acids is 2. The van der Waals surface area contributed by atoms with Crippen molar-refractivity contribution in [1.82, 2.24) is 15.2 Å². The van der Waals surface area contributed by atoms with Gasteiger partial charge in [0, 0.05) is 43.5 Å². The van der Waals surface area contributed by atoms with E-state index in [9.17, 15) is 14.7 Å². The Bertz CT molecular complexity index is 1530. The molecule has 0 radical (unpaired) electrons. The molecule has 1 aliphatic rings. The van der Waals surface area contributed by atoms with Crippen LogP contribution in [0.2, 0.25) is 0 Å². The first-order valence-corrected chi connectivity index (χ1v) is 16.1. The minimum atomic E-state index is -0.429. The largest absolute Gasteiger partial charge is 0.497 e. The average molecular weight is 621 g/mol. The van der Waals surface area contributed by atoms with Crippen LogP contribution in [0.1, 0.15) is 60.0 Å². The molecule has 0 bridgehead atoms. The SMILES string of the molecule is COc1ccc(N(Cc2ccc(C3CCCCC3C(=O)NC(CO)c3ccccc3)cc2)C(=O)N(C)CCc2ccccn2)cc1. The van der Waals surface area contributed by atoms with Crippen molar-refractivity contribution in [3.63, 3.8) is 0 Å². The van der Waals surface area contributed by atoms with Gasteiger partial charge in [-0.3, -0.25) is 14.7 Å². The number of benzene rings is 3. The zero-order valence-corrected chi connectivity index (χ0v) is 26.7. The highest BCUT2D eigenvalue weighted by Crippen LogP contribution is 2.38. The molecule has 1 aromatic heterocycles. The van der Waals surface area contributed by atoms with Crippen LogP contribution in [0.4, 0.5) is 10.5 Å². The summed E-state index contributed by atoms with van der Waals surface area (Å²) in [6.07, 6.45) is 6.26. The quantitative estimate of drug-likeness (QED) is 0.188. The van der Waals surface area contributed by atoms with Crippen molar-refractivity contribution in [1.29, 1.82) is 0 Å². The predicted octanol–water partition coefficient (Wildman–Crippen LogP) is 6.51. The third-order valence-corrected chi connectivity index (χ3v) is 8.92. The zero-order valence-electron chi connectivity index (χ0n) is 26.7. The number of amides is 3. The van der Waals surface area contributed by atoms with Gasteiger partial charge in [0.15, 0.2) is 0 Å². The number of hydrogen-bond donors (Lipinski definition) is 2. The highest BCUT2D eigenvalue weighted by molar-refractivity contribution is 5.92. The number of methoxy groups -OCH3 is 1. The topological polar surface area (TPSA) is 95.0 Å². The Balaban J connectivity index is 1.30. The van der Waals surface area contributed by atoms with Gasteiger partial charge in [0.25, 0.3) is 0 Å². The molecule has 46 heavy (non-hydrogen) atoms. The predicted molar refractivity (Wildman–Crippen MR) is 181 cm³/mol. The average Bonchev–Trinajstić information content (AvgIpc) is 3.12. The number of pyridine rings is 1. The Labute approximate surface area is 272 Å². The van der Waals surface area contributed by atoms with Crippen LogP contribution < -0.4 is 15.0 Å². The van der Waals surface area contributed by atoms with Crippen molar-refractivity contribution in [3.8, 4) is 5.75 Å². The van der Waals surface area contributed by atoms with Crippen molar-refractivity contribution in [2.45, 2.75) is 50.6 Å². The van der Waals surface area contributed by atoms with Gasteiger partial charge in [0.05, 0.1) is 26.3 Å². The van der Waals surface area contributed by atoms with Gasteiger partial charge < -0.3 is 20.1 Å². The number of nitrogens with zero attached hydrogens (tertiary/aromatic N) is 3. The molecule has 5 rings (SSSR count). The summed E-state index contributed by atoms with van der Waals surface area (Å²) in [7, 11) is 3.44. The van der Waals surface area contributed by atoms with E-state index in [0.29, 0.717) is 19.5 Å². The Morgan fingerprint density at radius 1 is 0.935 bits per heavy atom. The molecule has 3 amide bonds. The lowest BCUT2D eigenvalue weighted by Crippen LogP contribution is -2.41. The summed E-state index contributed by atoms with van der Waals surface area (Å²) < 4.78 is 5.35. The number of aromatic nitrogens is 1. The second-order valence-corrected chi connectivity index (χ2v) is 12.0. The van der Waals surface area contributed by atoms with Gasteiger partial charge >= 0.3 is 6.03 Å². The van der Waals surface area contributed by atoms with Crippen LogP contribution in [0.15, 0.2) is 103 Å². The van der Waals surface area contributed by atoms with Crippen LogP contribution in [0.3, 0.4) is 0 Å². The lowest BCUT2D eigenvalue weighted by molar-refractivity contribution is -0.127. The number of rotatable bonds is 12. The fourth-order valence-corrected chi connectivity index (χ4v) is 6.26. The molecule has 3 atom stereocenters. The second kappa shape index (κ2) is 16.0. The maximum atomic E-state index is 13.8. The van der Waals surface area contributed by atoms with Crippen LogP contribution in [0, 0.1) is 5.92 Å². The molecule has 3 aromatic carbocycles. The van der Waals surface area contributed by atoms with Gasteiger partial charge in [-0.15, -0.1) is 0 Å². The van der Waals surface area contributed by atoms with Crippen molar-refractivity contribution < 1.29 is 19.4 Å². The Morgan fingerprint density at radius 2 is 1.65 bits per heavy atom. The number of urea groups is 1. The molecule has 0 spiro atoms. The van der Waals surface area contributed by atoms with E-state index in [0.717, 1.165) is 59.5 Å². The molecule has 0 saturated heterocycles. The fraction of sp³-hybridized carbons (Fsp3) is 0.342. The summed E-state index contributed by atoms with van der Waals surface area (Å²) >= 11 is 0. The van der Waals surface area contributed by atoms with Crippen molar-refractivity contribution in [2.24, 2.45) is 5.92 Å². The van der Waals surface area contributed by atoms with E-state index in [4.69, 9.17) is 4.74 Å². The maximum Gasteiger partial charge on any atom is 0.324 e. The van der Waals surface area contributed by atoms with Gasteiger partial charge in [0.2, 0.25) is 5.91 Å². The zero-order chi connectivity index (χ0) is 32.3. The molecular weight excluding hydrogens is 576 g/mol. The van der Waals surface area contributed by atoms with E-state index in [1.54, 1.807) is 23.1 Å². The van der Waals surface area contributed by atoms with E-state index >= 15 is 0 Å². The fourth-order valence-electron chi connectivity index (χ4n) is 6.26. The van der Waals surface area contributed by atoms with Crippen LogP contribution >= 0.6 is 0 Å². The van der Waals surface area contributed by atoms with E-state index in [2.05, 4.69) is 34.6 Å². The standard InChI is InChI=1S/C38H44N4O4/c1-41(25-23-31-12-8-9-24-39-31)38(45)42(32-19-21-33(46-2)22-20-32)26-28-15-17-29(18-16-28)34-13-6-7-14-35(34)37(44)40-36(27-43)30-10-4-3-5-11-30/h3-5,8-12,15-22,24,34-36,43H,6-7,13-14,23,25-27H2,1-2H3,(H,40,44). The minimum Gasteiger partial charge on any atom is -0.497 e. The van der Waals surface area contributed by atoms with E-state index in [-0.39, 0.29) is 30.4 Å². The molecule has 1 aliphatic carbocycles. The third-order valence-electron chi connectivity index (χ3n) is 8.92. The van der Waals surface area contributed by atoms with Crippen LogP contribution in [0.5, 0.6) is 5.75 Å². The third kappa shape index (κ3) is 8.31. The molecule has 4 aromatic rings. The van der Waals surface area contributed by atoms with Crippen molar-refractivity contribution in [3.05, 3.63) is 126 Å². The molecule has 8 heteroatoms. The summed E-state index contributed by atoms with van der Waals surface area (Å²) in [6, 6.07) is 30.8. The Kier molecular flexibility index (Phi) is 11.4. The molecule has 1 fully saturated rings. The van der Waals surface area contributed by atoms with Gasteiger partial charge in [-0.1, -0.05) is 73.5 Å². The second-order valence-electron chi connectivity index (χ2n) is 12.0. The number of likely N-dealkylation sites (N-methyl/N-ethyl adjacent to an activating group) is 1. The van der Waals surface area contributed by atoms with Gasteiger partial charge in [-0.2, -0.15) is 0 Å². The highest BCUT2D eigenvalue weighted by Gasteiger charge is 2.33. The lowest BCUT2D eigenvalue weighted by atomic mass is 9.74. The molecule has 3 unspecified atom stereocenters. The Hall–Kier alpha value is -4.69. The molecular formula is C38H44N4O4. The van der Waals surface area contributed by atoms with Crippen LogP contribution in [-0.2, 0) is 17.8 Å². The van der Waals surface area contributed by atoms with Crippen LogP contribution in [0.25, 0.3) is 0 Å². The molecule has 2 N–H and O–H groups in total. The Morgan fingerprint density at radius 3 is 2.33 bits per heavy atom. The van der Waals surface area contributed by atoms with E-state index in [1.165, 1.54) is 0 Å². The molecule has 1 heterocycles. The number of aliphatic hydroxyl groups is 1. The molecule has 1 saturated carbocycles. The summed E-state index contributed by atoms with van der Waals surface area (Å²) in [5, 5.41) is 13.1. The summed E-state index contributed by atoms with van der Waals surface area (Å²) in [5.74, 6) is 0.642. The monoisotopic (exact) mass is 620 g/mol. The molecule has 240 valence electrons. The first-order valence-electron chi connectivity index (χ1n) is 16.1.